The molecule has 0 aliphatic heterocycles. The topological polar surface area (TPSA) is 98.3 Å². The van der Waals surface area contributed by atoms with E-state index >= 15 is 0 Å². The minimum absolute atomic E-state index is 0.00609. The molecule has 28 heavy (non-hydrogen) atoms. The summed E-state index contributed by atoms with van der Waals surface area (Å²) in [5.74, 6) is 1.16. The number of nitro benzene ring substituents is 1. The number of hydrogen-bond acceptors (Lipinski definition) is 7. The first-order valence-corrected chi connectivity index (χ1v) is 8.98. The number of rotatable bonds is 6. The number of ether oxygens (including phenoxy) is 2. The molecule has 140 valence electrons. The molecule has 0 unspecified atom stereocenters. The summed E-state index contributed by atoms with van der Waals surface area (Å²) in [5.41, 5.74) is 2.35. The number of non-ortho nitro benzene ring substituents is 1. The van der Waals surface area contributed by atoms with Crippen LogP contribution >= 0.6 is 11.3 Å². The lowest BCUT2D eigenvalue weighted by Crippen LogP contribution is -1.91. The third-order valence-corrected chi connectivity index (χ3v) is 4.80. The molecule has 3 aromatic rings. The highest BCUT2D eigenvalue weighted by Gasteiger charge is 2.13. The summed E-state index contributed by atoms with van der Waals surface area (Å²) in [4.78, 5) is 15.0. The minimum Gasteiger partial charge on any atom is -0.493 e. The van der Waals surface area contributed by atoms with Crippen LogP contribution in [0, 0.1) is 21.4 Å². The van der Waals surface area contributed by atoms with E-state index in [1.165, 1.54) is 23.5 Å². The van der Waals surface area contributed by atoms with Gasteiger partial charge in [0.25, 0.3) is 5.69 Å². The van der Waals surface area contributed by atoms with Gasteiger partial charge in [0.1, 0.15) is 11.1 Å². The van der Waals surface area contributed by atoms with Gasteiger partial charge in [-0.05, 0) is 23.8 Å². The molecule has 0 spiro atoms. The fourth-order valence-electron chi connectivity index (χ4n) is 2.56. The molecule has 3 rings (SSSR count). The summed E-state index contributed by atoms with van der Waals surface area (Å²) < 4.78 is 10.5. The summed E-state index contributed by atoms with van der Waals surface area (Å²) in [7, 11) is 3.10. The lowest BCUT2D eigenvalue weighted by Gasteiger charge is -2.07. The van der Waals surface area contributed by atoms with Crippen molar-refractivity contribution in [2.45, 2.75) is 0 Å². The molecular formula is C20H15N3O4S. The molecule has 0 aliphatic rings. The molecule has 2 aromatic carbocycles. The molecule has 0 aliphatic carbocycles. The zero-order chi connectivity index (χ0) is 20.1. The van der Waals surface area contributed by atoms with Gasteiger partial charge in [-0.2, -0.15) is 5.26 Å². The Morgan fingerprint density at radius 1 is 1.21 bits per heavy atom. The lowest BCUT2D eigenvalue weighted by atomic mass is 10.1. The fourth-order valence-corrected chi connectivity index (χ4v) is 3.35. The van der Waals surface area contributed by atoms with Gasteiger partial charge in [-0.25, -0.2) is 4.98 Å². The van der Waals surface area contributed by atoms with Crippen LogP contribution < -0.4 is 9.47 Å². The first-order valence-electron chi connectivity index (χ1n) is 8.10. The first kappa shape index (κ1) is 19.1. The molecule has 0 saturated carbocycles. The maximum Gasteiger partial charge on any atom is 0.270 e. The first-order chi connectivity index (χ1) is 13.5. The zero-order valence-electron chi connectivity index (χ0n) is 15.1. The van der Waals surface area contributed by atoms with E-state index in [1.807, 2.05) is 6.07 Å². The van der Waals surface area contributed by atoms with Crippen LogP contribution in [0.5, 0.6) is 11.5 Å². The maximum atomic E-state index is 11.0. The molecule has 0 fully saturated rings. The third-order valence-electron chi connectivity index (χ3n) is 3.93. The standard InChI is InChI=1S/C20H15N3O4S/c1-26-18-7-6-13(9-19(18)27-2)8-15(11-21)20-22-17(12-28-20)14-4-3-5-16(10-14)23(24)25/h3-10,12H,1-2H3/b15-8+. The number of nitriles is 1. The number of thiazole rings is 1. The van der Waals surface area contributed by atoms with Crippen LogP contribution in [0.3, 0.4) is 0 Å². The van der Waals surface area contributed by atoms with Crippen molar-refractivity contribution in [2.75, 3.05) is 14.2 Å². The third kappa shape index (κ3) is 4.00. The largest absolute Gasteiger partial charge is 0.493 e. The maximum absolute atomic E-state index is 11.0. The van der Waals surface area contributed by atoms with Crippen molar-refractivity contribution in [1.29, 1.82) is 5.26 Å². The second kappa shape index (κ2) is 8.33. The molecule has 1 aromatic heterocycles. The van der Waals surface area contributed by atoms with Crippen molar-refractivity contribution in [2.24, 2.45) is 0 Å². The Morgan fingerprint density at radius 3 is 2.68 bits per heavy atom. The van der Waals surface area contributed by atoms with Crippen molar-refractivity contribution < 1.29 is 14.4 Å². The van der Waals surface area contributed by atoms with Crippen molar-refractivity contribution in [1.82, 2.24) is 4.98 Å². The van der Waals surface area contributed by atoms with Gasteiger partial charge in [-0.1, -0.05) is 18.2 Å². The highest BCUT2D eigenvalue weighted by atomic mass is 32.1. The number of hydrogen-bond donors (Lipinski definition) is 0. The van der Waals surface area contributed by atoms with Crippen LogP contribution in [0.15, 0.2) is 47.8 Å². The summed E-state index contributed by atoms with van der Waals surface area (Å²) in [6, 6.07) is 13.7. The van der Waals surface area contributed by atoms with Crippen LogP contribution in [-0.2, 0) is 0 Å². The van der Waals surface area contributed by atoms with Gasteiger partial charge in [0, 0.05) is 23.1 Å². The Labute approximate surface area is 165 Å². The molecule has 0 bridgehead atoms. The number of nitrogens with zero attached hydrogens (tertiary/aromatic N) is 3. The van der Waals surface area contributed by atoms with E-state index in [4.69, 9.17) is 9.47 Å². The molecule has 0 N–H and O–H groups in total. The normalized spacial score (nSPS) is 11.0. The second-order valence-electron chi connectivity index (χ2n) is 5.63. The summed E-state index contributed by atoms with van der Waals surface area (Å²) in [5, 5.41) is 22.8. The van der Waals surface area contributed by atoms with E-state index in [9.17, 15) is 15.4 Å². The second-order valence-corrected chi connectivity index (χ2v) is 6.49. The Balaban J connectivity index is 1.95. The van der Waals surface area contributed by atoms with Gasteiger partial charge in [0.05, 0.1) is 30.4 Å². The van der Waals surface area contributed by atoms with Gasteiger partial charge < -0.3 is 9.47 Å². The molecule has 1 heterocycles. The molecular weight excluding hydrogens is 378 g/mol. The monoisotopic (exact) mass is 393 g/mol. The summed E-state index contributed by atoms with van der Waals surface area (Å²) in [6.45, 7) is 0. The van der Waals surface area contributed by atoms with Gasteiger partial charge in [-0.3, -0.25) is 10.1 Å². The Bertz CT molecular complexity index is 1100. The van der Waals surface area contributed by atoms with E-state index in [0.717, 1.165) is 5.56 Å². The molecule has 0 atom stereocenters. The number of nitro groups is 1. The van der Waals surface area contributed by atoms with Crippen LogP contribution in [0.25, 0.3) is 22.9 Å². The predicted octanol–water partition coefficient (Wildman–Crippen LogP) is 4.80. The van der Waals surface area contributed by atoms with E-state index in [0.29, 0.717) is 33.3 Å². The Morgan fingerprint density at radius 2 is 2.00 bits per heavy atom. The van der Waals surface area contributed by atoms with Crippen molar-refractivity contribution in [3.8, 4) is 28.8 Å². The van der Waals surface area contributed by atoms with Crippen LogP contribution in [0.4, 0.5) is 5.69 Å². The van der Waals surface area contributed by atoms with Gasteiger partial charge >= 0.3 is 0 Å². The Kier molecular flexibility index (Phi) is 5.67. The van der Waals surface area contributed by atoms with E-state index in [2.05, 4.69) is 11.1 Å². The van der Waals surface area contributed by atoms with E-state index < -0.39 is 4.92 Å². The quantitative estimate of drug-likeness (QED) is 0.339. The minimum atomic E-state index is -0.450. The predicted molar refractivity (Wildman–Crippen MR) is 107 cm³/mol. The van der Waals surface area contributed by atoms with Crippen molar-refractivity contribution in [3.05, 3.63) is 68.5 Å². The summed E-state index contributed by atoms with van der Waals surface area (Å²) in [6.07, 6.45) is 1.71. The van der Waals surface area contributed by atoms with Gasteiger partial charge in [0.15, 0.2) is 11.5 Å². The number of allylic oxidation sites excluding steroid dienone is 1. The van der Waals surface area contributed by atoms with Crippen LogP contribution in [0.1, 0.15) is 10.6 Å². The van der Waals surface area contributed by atoms with Crippen LogP contribution in [-0.4, -0.2) is 24.1 Å². The average molecular weight is 393 g/mol. The smallest absolute Gasteiger partial charge is 0.270 e. The number of methoxy groups -OCH3 is 2. The number of benzene rings is 2. The van der Waals surface area contributed by atoms with Gasteiger partial charge in [0.2, 0.25) is 0 Å². The zero-order valence-corrected chi connectivity index (χ0v) is 15.9. The van der Waals surface area contributed by atoms with E-state index in [-0.39, 0.29) is 5.69 Å². The van der Waals surface area contributed by atoms with Crippen molar-refractivity contribution in [3.63, 3.8) is 0 Å². The van der Waals surface area contributed by atoms with Crippen molar-refractivity contribution >= 4 is 28.7 Å². The van der Waals surface area contributed by atoms with Crippen LogP contribution in [0.2, 0.25) is 0 Å². The molecule has 0 radical (unpaired) electrons. The Hall–Kier alpha value is -3.70. The SMILES string of the molecule is COc1ccc(/C=C(\C#N)c2nc(-c3cccc([N+](=O)[O-])c3)cs2)cc1OC. The highest BCUT2D eigenvalue weighted by Crippen LogP contribution is 2.31. The molecule has 0 amide bonds. The fraction of sp³-hybridized carbons (Fsp3) is 0.100. The van der Waals surface area contributed by atoms with E-state index in [1.54, 1.807) is 49.9 Å². The molecule has 7 nitrogen and oxygen atoms in total. The average Bonchev–Trinajstić information content (AvgIpc) is 3.22. The lowest BCUT2D eigenvalue weighted by molar-refractivity contribution is -0.384. The molecule has 8 heteroatoms. The van der Waals surface area contributed by atoms with Gasteiger partial charge in [-0.15, -0.1) is 11.3 Å². The highest BCUT2D eigenvalue weighted by molar-refractivity contribution is 7.11. The number of aromatic nitrogens is 1. The molecule has 0 saturated heterocycles. The summed E-state index contributed by atoms with van der Waals surface area (Å²) >= 11 is 1.30.